The summed E-state index contributed by atoms with van der Waals surface area (Å²) < 4.78 is 26.0. The molecule has 2 aromatic heterocycles. The molecule has 0 fully saturated rings. The van der Waals surface area contributed by atoms with Crippen molar-refractivity contribution in [2.24, 2.45) is 0 Å². The Labute approximate surface area is 111 Å². The molecule has 0 atom stereocenters. The molecule has 0 spiro atoms. The zero-order chi connectivity index (χ0) is 13.2. The highest BCUT2D eigenvalue weighted by Crippen LogP contribution is 2.28. The Morgan fingerprint density at radius 1 is 1.00 bits per heavy atom. The van der Waals surface area contributed by atoms with Crippen molar-refractivity contribution in [3.05, 3.63) is 53.8 Å². The van der Waals surface area contributed by atoms with E-state index in [9.17, 15) is 8.78 Å². The minimum absolute atomic E-state index is 0.541. The maximum Gasteiger partial charge on any atom is 0.159 e. The number of benzene rings is 1. The Morgan fingerprint density at radius 3 is 2.63 bits per heavy atom. The van der Waals surface area contributed by atoms with E-state index in [1.807, 2.05) is 0 Å². The molecule has 0 amide bonds. The Hall–Kier alpha value is -2.21. The van der Waals surface area contributed by atoms with Gasteiger partial charge in [0.2, 0.25) is 0 Å². The van der Waals surface area contributed by atoms with Gasteiger partial charge >= 0.3 is 0 Å². The van der Waals surface area contributed by atoms with Gasteiger partial charge in [-0.3, -0.25) is 9.97 Å². The fraction of sp³-hybridized carbons (Fsp3) is 0. The third-order valence-corrected chi connectivity index (χ3v) is 3.39. The Kier molecular flexibility index (Phi) is 3.00. The zero-order valence-corrected chi connectivity index (χ0v) is 10.4. The van der Waals surface area contributed by atoms with Crippen LogP contribution in [0, 0.1) is 11.6 Å². The molecule has 0 unspecified atom stereocenters. The molecule has 0 aliphatic carbocycles. The van der Waals surface area contributed by atoms with Crippen LogP contribution >= 0.6 is 11.3 Å². The monoisotopic (exact) mass is 275 g/mol. The molecule has 0 radical (unpaired) electrons. The minimum Gasteiger partial charge on any atom is -0.261 e. The number of hydrogen-bond acceptors (Lipinski definition) is 4. The van der Waals surface area contributed by atoms with Crippen molar-refractivity contribution in [1.29, 1.82) is 0 Å². The van der Waals surface area contributed by atoms with Gasteiger partial charge in [0.05, 0.1) is 6.20 Å². The zero-order valence-electron chi connectivity index (χ0n) is 9.55. The van der Waals surface area contributed by atoms with E-state index in [4.69, 9.17) is 0 Å². The quantitative estimate of drug-likeness (QED) is 0.718. The van der Waals surface area contributed by atoms with Gasteiger partial charge in [-0.15, -0.1) is 11.3 Å². The molecule has 0 aliphatic heterocycles. The molecule has 0 bridgehead atoms. The predicted molar refractivity (Wildman–Crippen MR) is 68.5 cm³/mol. The van der Waals surface area contributed by atoms with Crippen LogP contribution in [0.4, 0.5) is 8.78 Å². The fourth-order valence-corrected chi connectivity index (χ4v) is 2.40. The second-order valence-corrected chi connectivity index (χ2v) is 4.62. The predicted octanol–water partition coefficient (Wildman–Crippen LogP) is 3.55. The van der Waals surface area contributed by atoms with Crippen molar-refractivity contribution in [2.45, 2.75) is 0 Å². The number of aromatic nitrogens is 3. The highest BCUT2D eigenvalue weighted by Gasteiger charge is 2.10. The Balaban J connectivity index is 1.99. The van der Waals surface area contributed by atoms with Crippen molar-refractivity contribution in [2.75, 3.05) is 0 Å². The first-order valence-electron chi connectivity index (χ1n) is 5.41. The van der Waals surface area contributed by atoms with E-state index in [2.05, 4.69) is 15.0 Å². The second kappa shape index (κ2) is 4.81. The van der Waals surface area contributed by atoms with Gasteiger partial charge < -0.3 is 0 Å². The number of hydrogen-bond donors (Lipinski definition) is 0. The van der Waals surface area contributed by atoms with Gasteiger partial charge in [0.15, 0.2) is 11.6 Å². The van der Waals surface area contributed by atoms with Crippen molar-refractivity contribution >= 4 is 11.3 Å². The lowest BCUT2D eigenvalue weighted by Crippen LogP contribution is -1.86. The van der Waals surface area contributed by atoms with Crippen molar-refractivity contribution in [3.8, 4) is 22.0 Å². The number of rotatable bonds is 2. The molecule has 0 N–H and O–H groups in total. The summed E-state index contributed by atoms with van der Waals surface area (Å²) in [5, 5.41) is 2.42. The second-order valence-electron chi connectivity index (χ2n) is 3.76. The fourth-order valence-electron chi connectivity index (χ4n) is 1.58. The topological polar surface area (TPSA) is 38.7 Å². The normalized spacial score (nSPS) is 10.6. The lowest BCUT2D eigenvalue weighted by molar-refractivity contribution is 0.509. The first-order valence-corrected chi connectivity index (χ1v) is 6.29. The summed E-state index contributed by atoms with van der Waals surface area (Å²) in [6.45, 7) is 0. The summed E-state index contributed by atoms with van der Waals surface area (Å²) in [4.78, 5) is 12.4. The molecular formula is C13H7F2N3S. The lowest BCUT2D eigenvalue weighted by atomic mass is 10.2. The summed E-state index contributed by atoms with van der Waals surface area (Å²) >= 11 is 1.34. The number of halogens is 2. The number of thiazole rings is 1. The molecule has 0 aliphatic rings. The van der Waals surface area contributed by atoms with Crippen LogP contribution in [0.25, 0.3) is 22.0 Å². The van der Waals surface area contributed by atoms with E-state index in [0.717, 1.165) is 12.1 Å². The highest BCUT2D eigenvalue weighted by molar-refractivity contribution is 7.13. The van der Waals surface area contributed by atoms with Crippen molar-refractivity contribution < 1.29 is 8.78 Å². The SMILES string of the molecule is Fc1ccc(-c2nc(-c3cnccn3)cs2)cc1F. The maximum absolute atomic E-state index is 13.2. The average molecular weight is 275 g/mol. The Bertz CT molecular complexity index is 713. The Morgan fingerprint density at radius 2 is 1.89 bits per heavy atom. The lowest BCUT2D eigenvalue weighted by Gasteiger charge is -1.97. The van der Waals surface area contributed by atoms with Crippen molar-refractivity contribution in [3.63, 3.8) is 0 Å². The number of nitrogens with zero attached hydrogens (tertiary/aromatic N) is 3. The van der Waals surface area contributed by atoms with Crippen LogP contribution in [0.5, 0.6) is 0 Å². The third kappa shape index (κ3) is 2.34. The molecule has 19 heavy (non-hydrogen) atoms. The largest absolute Gasteiger partial charge is 0.261 e. The van der Waals surface area contributed by atoms with E-state index in [1.54, 1.807) is 24.0 Å². The van der Waals surface area contributed by atoms with Crippen LogP contribution in [-0.2, 0) is 0 Å². The van der Waals surface area contributed by atoms with Crippen LogP contribution in [0.2, 0.25) is 0 Å². The standard InChI is InChI=1S/C13H7F2N3S/c14-9-2-1-8(5-10(9)15)13-18-12(7-19-13)11-6-16-3-4-17-11/h1-7H. The molecule has 3 rings (SSSR count). The third-order valence-electron chi connectivity index (χ3n) is 2.50. The molecule has 6 heteroatoms. The molecule has 3 nitrogen and oxygen atoms in total. The van der Waals surface area contributed by atoms with Gasteiger partial charge in [-0.2, -0.15) is 0 Å². The van der Waals surface area contributed by atoms with Gasteiger partial charge in [0.25, 0.3) is 0 Å². The molecule has 0 saturated heterocycles. The molecule has 94 valence electrons. The van der Waals surface area contributed by atoms with E-state index < -0.39 is 11.6 Å². The average Bonchev–Trinajstić information content (AvgIpc) is 2.93. The summed E-state index contributed by atoms with van der Waals surface area (Å²) in [5.74, 6) is -1.75. The molecule has 2 heterocycles. The van der Waals surface area contributed by atoms with E-state index in [1.165, 1.54) is 17.4 Å². The van der Waals surface area contributed by atoms with Gasteiger partial charge in [-0.1, -0.05) is 0 Å². The van der Waals surface area contributed by atoms with Crippen LogP contribution in [0.15, 0.2) is 42.2 Å². The highest BCUT2D eigenvalue weighted by atomic mass is 32.1. The van der Waals surface area contributed by atoms with E-state index in [-0.39, 0.29) is 0 Å². The van der Waals surface area contributed by atoms with Gasteiger partial charge in [0.1, 0.15) is 16.4 Å². The first kappa shape index (κ1) is 11.9. The van der Waals surface area contributed by atoms with Crippen LogP contribution in [-0.4, -0.2) is 15.0 Å². The first-order chi connectivity index (χ1) is 9.24. The van der Waals surface area contributed by atoms with E-state index in [0.29, 0.717) is 22.0 Å². The summed E-state index contributed by atoms with van der Waals surface area (Å²) in [6.07, 6.45) is 4.75. The van der Waals surface area contributed by atoms with Crippen LogP contribution in [0.1, 0.15) is 0 Å². The van der Waals surface area contributed by atoms with E-state index >= 15 is 0 Å². The summed E-state index contributed by atoms with van der Waals surface area (Å²) in [5.41, 5.74) is 1.85. The van der Waals surface area contributed by atoms with Crippen molar-refractivity contribution in [1.82, 2.24) is 15.0 Å². The summed E-state index contributed by atoms with van der Waals surface area (Å²) in [6, 6.07) is 3.72. The van der Waals surface area contributed by atoms with Gasteiger partial charge in [0, 0.05) is 23.3 Å². The van der Waals surface area contributed by atoms with Crippen LogP contribution < -0.4 is 0 Å². The summed E-state index contributed by atoms with van der Waals surface area (Å²) in [7, 11) is 0. The smallest absolute Gasteiger partial charge is 0.159 e. The molecule has 0 saturated carbocycles. The van der Waals surface area contributed by atoms with Gasteiger partial charge in [-0.05, 0) is 18.2 Å². The van der Waals surface area contributed by atoms with Gasteiger partial charge in [-0.25, -0.2) is 13.8 Å². The maximum atomic E-state index is 13.2. The van der Waals surface area contributed by atoms with Crippen LogP contribution in [0.3, 0.4) is 0 Å². The molecule has 1 aromatic carbocycles. The molecule has 3 aromatic rings. The minimum atomic E-state index is -0.881. The molecular weight excluding hydrogens is 268 g/mol.